The monoisotopic (exact) mass is 255 g/mol. The van der Waals surface area contributed by atoms with Gasteiger partial charge < -0.3 is 5.73 Å². The molecule has 0 bridgehead atoms. The summed E-state index contributed by atoms with van der Waals surface area (Å²) in [6, 6.07) is 11.0. The average molecular weight is 255 g/mol. The lowest BCUT2D eigenvalue weighted by molar-refractivity contribution is 0.617. The van der Waals surface area contributed by atoms with E-state index < -0.39 is 0 Å². The first-order valence-corrected chi connectivity index (χ1v) is 6.07. The van der Waals surface area contributed by atoms with Crippen molar-refractivity contribution >= 4 is 17.0 Å². The molecule has 0 aliphatic heterocycles. The number of nitrogens with two attached hydrogens (primary N) is 1. The van der Waals surface area contributed by atoms with Gasteiger partial charge in [-0.1, -0.05) is 12.1 Å². The molecular weight excluding hydrogens is 241 g/mol. The summed E-state index contributed by atoms with van der Waals surface area (Å²) < 4.78 is 15.5. The summed E-state index contributed by atoms with van der Waals surface area (Å²) in [5, 5.41) is 0. The smallest absolute Gasteiger partial charge is 0.205 e. The molecule has 1 heterocycles. The van der Waals surface area contributed by atoms with Crippen LogP contribution in [0.3, 0.4) is 0 Å². The molecule has 96 valence electrons. The fourth-order valence-corrected chi connectivity index (χ4v) is 2.20. The summed E-state index contributed by atoms with van der Waals surface area (Å²) in [6.45, 7) is 3.74. The fraction of sp³-hybridized carbons (Fsp3) is 0.133. The van der Waals surface area contributed by atoms with Crippen LogP contribution >= 0.6 is 0 Å². The average Bonchev–Trinajstić information content (AvgIpc) is 2.68. The lowest BCUT2D eigenvalue weighted by Gasteiger charge is -2.08. The van der Waals surface area contributed by atoms with Crippen molar-refractivity contribution in [1.82, 2.24) is 9.55 Å². The summed E-state index contributed by atoms with van der Waals surface area (Å²) in [4.78, 5) is 4.30. The van der Waals surface area contributed by atoms with Crippen LogP contribution in [0.15, 0.2) is 36.4 Å². The van der Waals surface area contributed by atoms with Crippen molar-refractivity contribution in [2.24, 2.45) is 0 Å². The molecule has 0 fully saturated rings. The van der Waals surface area contributed by atoms with Gasteiger partial charge >= 0.3 is 0 Å². The van der Waals surface area contributed by atoms with Crippen molar-refractivity contribution in [3.8, 4) is 5.69 Å². The number of anilines is 1. The first-order valence-electron chi connectivity index (χ1n) is 6.07. The van der Waals surface area contributed by atoms with Crippen LogP contribution in [0.5, 0.6) is 0 Å². The van der Waals surface area contributed by atoms with Gasteiger partial charge in [0.25, 0.3) is 0 Å². The normalized spacial score (nSPS) is 11.1. The second-order valence-electron chi connectivity index (χ2n) is 4.73. The summed E-state index contributed by atoms with van der Waals surface area (Å²) in [5.41, 5.74) is 10.1. The highest BCUT2D eigenvalue weighted by Gasteiger charge is 2.11. The Balaban J connectivity index is 2.31. The molecule has 0 saturated carbocycles. The van der Waals surface area contributed by atoms with Crippen molar-refractivity contribution in [3.63, 3.8) is 0 Å². The molecule has 0 aliphatic carbocycles. The van der Waals surface area contributed by atoms with Crippen LogP contribution in [0.4, 0.5) is 10.3 Å². The third kappa shape index (κ3) is 1.85. The van der Waals surface area contributed by atoms with Gasteiger partial charge in [-0.25, -0.2) is 9.37 Å². The van der Waals surface area contributed by atoms with Crippen molar-refractivity contribution in [2.75, 3.05) is 5.73 Å². The summed E-state index contributed by atoms with van der Waals surface area (Å²) in [7, 11) is 0. The maximum absolute atomic E-state index is 13.7. The van der Waals surface area contributed by atoms with E-state index in [1.165, 1.54) is 6.07 Å². The Morgan fingerprint density at radius 2 is 1.89 bits per heavy atom. The second kappa shape index (κ2) is 4.09. The molecule has 3 rings (SSSR count). The number of aryl methyl sites for hydroxylation is 2. The second-order valence-corrected chi connectivity index (χ2v) is 4.73. The van der Waals surface area contributed by atoms with E-state index in [1.54, 1.807) is 17.6 Å². The molecule has 3 nitrogen and oxygen atoms in total. The van der Waals surface area contributed by atoms with E-state index in [0.717, 1.165) is 16.6 Å². The molecule has 0 radical (unpaired) electrons. The Kier molecular flexibility index (Phi) is 2.52. The largest absolute Gasteiger partial charge is 0.369 e. The SMILES string of the molecule is Cc1ccc2nc(N)n(-c3ccc(C)c(F)c3)c2c1. The first-order chi connectivity index (χ1) is 9.06. The van der Waals surface area contributed by atoms with E-state index >= 15 is 0 Å². The van der Waals surface area contributed by atoms with E-state index in [0.29, 0.717) is 17.2 Å². The van der Waals surface area contributed by atoms with Gasteiger partial charge in [-0.2, -0.15) is 0 Å². The minimum Gasteiger partial charge on any atom is -0.369 e. The van der Waals surface area contributed by atoms with Gasteiger partial charge in [-0.15, -0.1) is 0 Å². The van der Waals surface area contributed by atoms with Crippen molar-refractivity contribution < 1.29 is 4.39 Å². The summed E-state index contributed by atoms with van der Waals surface area (Å²) >= 11 is 0. The number of aromatic nitrogens is 2. The zero-order valence-electron chi connectivity index (χ0n) is 10.8. The topological polar surface area (TPSA) is 43.8 Å². The Labute approximate surface area is 110 Å². The zero-order valence-corrected chi connectivity index (χ0v) is 10.8. The predicted octanol–water partition coefficient (Wildman–Crippen LogP) is 3.36. The Morgan fingerprint density at radius 3 is 2.63 bits per heavy atom. The number of halogens is 1. The molecule has 0 spiro atoms. The van der Waals surface area contributed by atoms with E-state index in [4.69, 9.17) is 5.73 Å². The van der Waals surface area contributed by atoms with E-state index in [2.05, 4.69) is 4.98 Å². The van der Waals surface area contributed by atoms with Crippen LogP contribution in [-0.2, 0) is 0 Å². The van der Waals surface area contributed by atoms with Crippen LogP contribution in [-0.4, -0.2) is 9.55 Å². The molecule has 3 aromatic rings. The molecule has 0 atom stereocenters. The maximum atomic E-state index is 13.7. The molecule has 19 heavy (non-hydrogen) atoms. The molecule has 0 aliphatic rings. The number of rotatable bonds is 1. The third-order valence-electron chi connectivity index (χ3n) is 3.25. The lowest BCUT2D eigenvalue weighted by atomic mass is 10.2. The molecule has 2 N–H and O–H groups in total. The summed E-state index contributed by atoms with van der Waals surface area (Å²) in [6.07, 6.45) is 0. The minimum absolute atomic E-state index is 0.244. The van der Waals surface area contributed by atoms with E-state index in [9.17, 15) is 4.39 Å². The molecule has 1 aromatic heterocycles. The highest BCUT2D eigenvalue weighted by Crippen LogP contribution is 2.24. The predicted molar refractivity (Wildman–Crippen MR) is 74.9 cm³/mol. The molecule has 0 unspecified atom stereocenters. The number of hydrogen-bond donors (Lipinski definition) is 1. The minimum atomic E-state index is -0.244. The molecule has 4 heteroatoms. The maximum Gasteiger partial charge on any atom is 0.205 e. The standard InChI is InChI=1S/C15H14FN3/c1-9-3-6-13-14(7-9)19(15(17)18-13)11-5-4-10(2)12(16)8-11/h3-8H,1-2H3,(H2,17,18). The number of imidazole rings is 1. The van der Waals surface area contributed by atoms with Gasteiger partial charge in [0.05, 0.1) is 16.7 Å². The van der Waals surface area contributed by atoms with Crippen molar-refractivity contribution in [3.05, 3.63) is 53.3 Å². The third-order valence-corrected chi connectivity index (χ3v) is 3.25. The van der Waals surface area contributed by atoms with Crippen molar-refractivity contribution in [2.45, 2.75) is 13.8 Å². The number of hydrogen-bond acceptors (Lipinski definition) is 2. The van der Waals surface area contributed by atoms with E-state index in [-0.39, 0.29) is 5.82 Å². The van der Waals surface area contributed by atoms with Gasteiger partial charge in [0, 0.05) is 0 Å². The molecule has 0 saturated heterocycles. The van der Waals surface area contributed by atoms with Gasteiger partial charge in [0.15, 0.2) is 0 Å². The van der Waals surface area contributed by atoms with Gasteiger partial charge in [-0.3, -0.25) is 4.57 Å². The quantitative estimate of drug-likeness (QED) is 0.724. The number of fused-ring (bicyclic) bond motifs is 1. The number of nitrogen functional groups attached to an aromatic ring is 1. The van der Waals surface area contributed by atoms with Crippen LogP contribution in [0.25, 0.3) is 16.7 Å². The van der Waals surface area contributed by atoms with Gasteiger partial charge in [-0.05, 0) is 49.2 Å². The van der Waals surface area contributed by atoms with Crippen molar-refractivity contribution in [1.29, 1.82) is 0 Å². The first kappa shape index (κ1) is 11.7. The molecular formula is C15H14FN3. The number of nitrogens with zero attached hydrogens (tertiary/aromatic N) is 2. The Bertz CT molecular complexity index is 774. The molecule has 2 aromatic carbocycles. The highest BCUT2D eigenvalue weighted by molar-refractivity contribution is 5.81. The van der Waals surface area contributed by atoms with Gasteiger partial charge in [0.1, 0.15) is 5.82 Å². The van der Waals surface area contributed by atoms with Crippen LogP contribution < -0.4 is 5.73 Å². The Morgan fingerprint density at radius 1 is 1.11 bits per heavy atom. The number of benzene rings is 2. The summed E-state index contributed by atoms with van der Waals surface area (Å²) in [5.74, 6) is 0.121. The van der Waals surface area contributed by atoms with Crippen LogP contribution in [0.2, 0.25) is 0 Å². The van der Waals surface area contributed by atoms with Gasteiger partial charge in [0.2, 0.25) is 5.95 Å². The zero-order chi connectivity index (χ0) is 13.6. The fourth-order valence-electron chi connectivity index (χ4n) is 2.20. The van der Waals surface area contributed by atoms with Crippen LogP contribution in [0.1, 0.15) is 11.1 Å². The Hall–Kier alpha value is -2.36. The van der Waals surface area contributed by atoms with Crippen LogP contribution in [0, 0.1) is 19.7 Å². The highest BCUT2D eigenvalue weighted by atomic mass is 19.1. The molecule has 0 amide bonds. The lowest BCUT2D eigenvalue weighted by Crippen LogP contribution is -2.01. The van der Waals surface area contributed by atoms with E-state index in [1.807, 2.05) is 31.2 Å².